The SMILES string of the molecule is COCCN(CCCl)Cc1csc2ccccc12. The average molecular weight is 284 g/mol. The predicted molar refractivity (Wildman–Crippen MR) is 79.7 cm³/mol. The number of benzene rings is 1. The van der Waals surface area contributed by atoms with Crippen LogP contribution in [0.15, 0.2) is 29.6 Å². The van der Waals surface area contributed by atoms with E-state index in [1.165, 1.54) is 15.6 Å². The van der Waals surface area contributed by atoms with Gasteiger partial charge in [0.2, 0.25) is 0 Å². The molecule has 0 unspecified atom stereocenters. The Morgan fingerprint density at radius 2 is 2.11 bits per heavy atom. The zero-order valence-corrected chi connectivity index (χ0v) is 12.1. The minimum atomic E-state index is 0.659. The van der Waals surface area contributed by atoms with E-state index >= 15 is 0 Å². The second kappa shape index (κ2) is 7.10. The van der Waals surface area contributed by atoms with Crippen LogP contribution in [0.25, 0.3) is 10.1 Å². The highest BCUT2D eigenvalue weighted by molar-refractivity contribution is 7.17. The van der Waals surface area contributed by atoms with Gasteiger partial charge in [0, 0.05) is 37.3 Å². The molecule has 1 aromatic carbocycles. The summed E-state index contributed by atoms with van der Waals surface area (Å²) in [5.41, 5.74) is 1.39. The van der Waals surface area contributed by atoms with Gasteiger partial charge in [0.1, 0.15) is 0 Å². The highest BCUT2D eigenvalue weighted by Crippen LogP contribution is 2.26. The summed E-state index contributed by atoms with van der Waals surface area (Å²) in [6, 6.07) is 8.55. The highest BCUT2D eigenvalue weighted by atomic mass is 35.5. The van der Waals surface area contributed by atoms with Crippen LogP contribution in [0.5, 0.6) is 0 Å². The molecule has 98 valence electrons. The van der Waals surface area contributed by atoms with Crippen LogP contribution in [0, 0.1) is 0 Å². The predicted octanol–water partition coefficient (Wildman–Crippen LogP) is 3.59. The first-order chi connectivity index (χ1) is 8.85. The monoisotopic (exact) mass is 283 g/mol. The maximum atomic E-state index is 5.85. The maximum Gasteiger partial charge on any atom is 0.0589 e. The van der Waals surface area contributed by atoms with Gasteiger partial charge in [-0.2, -0.15) is 0 Å². The summed E-state index contributed by atoms with van der Waals surface area (Å²) in [5, 5.41) is 3.61. The molecule has 0 radical (unpaired) electrons. The normalized spacial score (nSPS) is 11.5. The zero-order valence-electron chi connectivity index (χ0n) is 10.6. The maximum absolute atomic E-state index is 5.85. The fraction of sp³-hybridized carbons (Fsp3) is 0.429. The topological polar surface area (TPSA) is 12.5 Å². The quantitative estimate of drug-likeness (QED) is 0.720. The fourth-order valence-electron chi connectivity index (χ4n) is 2.01. The lowest BCUT2D eigenvalue weighted by Crippen LogP contribution is -2.28. The molecule has 0 spiro atoms. The lowest BCUT2D eigenvalue weighted by Gasteiger charge is -2.20. The third-order valence-electron chi connectivity index (χ3n) is 2.97. The van der Waals surface area contributed by atoms with E-state index < -0.39 is 0 Å². The molecule has 1 heterocycles. The van der Waals surface area contributed by atoms with Crippen LogP contribution in [-0.2, 0) is 11.3 Å². The molecule has 0 atom stereocenters. The van der Waals surface area contributed by atoms with E-state index in [0.29, 0.717) is 5.88 Å². The van der Waals surface area contributed by atoms with E-state index in [1.54, 1.807) is 18.4 Å². The van der Waals surface area contributed by atoms with Crippen LogP contribution >= 0.6 is 22.9 Å². The molecule has 0 aliphatic heterocycles. The van der Waals surface area contributed by atoms with Gasteiger partial charge in [0.25, 0.3) is 0 Å². The Bertz CT molecular complexity index is 485. The second-order valence-electron chi connectivity index (χ2n) is 4.22. The van der Waals surface area contributed by atoms with Crippen molar-refractivity contribution in [2.45, 2.75) is 6.54 Å². The van der Waals surface area contributed by atoms with Crippen molar-refractivity contribution < 1.29 is 4.74 Å². The number of methoxy groups -OCH3 is 1. The van der Waals surface area contributed by atoms with Gasteiger partial charge in [-0.05, 0) is 22.4 Å². The van der Waals surface area contributed by atoms with Crippen LogP contribution in [-0.4, -0.2) is 37.6 Å². The van der Waals surface area contributed by atoms with E-state index in [9.17, 15) is 0 Å². The van der Waals surface area contributed by atoms with Crippen molar-refractivity contribution in [3.63, 3.8) is 0 Å². The first-order valence-corrected chi connectivity index (χ1v) is 7.49. The number of halogens is 1. The third-order valence-corrected chi connectivity index (χ3v) is 4.15. The van der Waals surface area contributed by atoms with Crippen LogP contribution in [0.1, 0.15) is 5.56 Å². The van der Waals surface area contributed by atoms with Crippen molar-refractivity contribution in [2.24, 2.45) is 0 Å². The van der Waals surface area contributed by atoms with Gasteiger partial charge < -0.3 is 4.74 Å². The summed E-state index contributed by atoms with van der Waals surface area (Å²) in [5.74, 6) is 0.659. The Morgan fingerprint density at radius 1 is 1.28 bits per heavy atom. The van der Waals surface area contributed by atoms with Gasteiger partial charge >= 0.3 is 0 Å². The minimum absolute atomic E-state index is 0.659. The molecule has 2 rings (SSSR count). The first-order valence-electron chi connectivity index (χ1n) is 6.07. The molecule has 4 heteroatoms. The Balaban J connectivity index is 2.10. The number of fused-ring (bicyclic) bond motifs is 1. The van der Waals surface area contributed by atoms with Crippen LogP contribution in [0.3, 0.4) is 0 Å². The fourth-order valence-corrected chi connectivity index (χ4v) is 3.20. The number of alkyl halides is 1. The molecule has 0 saturated carbocycles. The molecule has 2 aromatic rings. The van der Waals surface area contributed by atoms with Gasteiger partial charge in [-0.3, -0.25) is 4.90 Å². The van der Waals surface area contributed by atoms with E-state index in [2.05, 4.69) is 34.5 Å². The van der Waals surface area contributed by atoms with Gasteiger partial charge in [0.05, 0.1) is 6.61 Å². The van der Waals surface area contributed by atoms with Crippen molar-refractivity contribution in [3.05, 3.63) is 35.2 Å². The first kappa shape index (κ1) is 13.8. The largest absolute Gasteiger partial charge is 0.383 e. The van der Waals surface area contributed by atoms with Gasteiger partial charge in [0.15, 0.2) is 0 Å². The molecule has 18 heavy (non-hydrogen) atoms. The Hall–Kier alpha value is -0.610. The lowest BCUT2D eigenvalue weighted by atomic mass is 10.1. The van der Waals surface area contributed by atoms with E-state index in [4.69, 9.17) is 16.3 Å². The summed E-state index contributed by atoms with van der Waals surface area (Å²) in [4.78, 5) is 2.34. The molecule has 0 saturated heterocycles. The number of nitrogens with zero attached hydrogens (tertiary/aromatic N) is 1. The smallest absolute Gasteiger partial charge is 0.0589 e. The van der Waals surface area contributed by atoms with Gasteiger partial charge in [-0.25, -0.2) is 0 Å². The summed E-state index contributed by atoms with van der Waals surface area (Å²) >= 11 is 7.66. The van der Waals surface area contributed by atoms with Crippen molar-refractivity contribution in [1.29, 1.82) is 0 Å². The van der Waals surface area contributed by atoms with Crippen molar-refractivity contribution in [3.8, 4) is 0 Å². The van der Waals surface area contributed by atoms with E-state index in [0.717, 1.165) is 26.2 Å². The molecule has 0 bridgehead atoms. The van der Waals surface area contributed by atoms with Crippen molar-refractivity contribution in [1.82, 2.24) is 4.90 Å². The Kier molecular flexibility index (Phi) is 5.45. The molecule has 0 fully saturated rings. The molecular weight excluding hydrogens is 266 g/mol. The molecule has 0 N–H and O–H groups in total. The second-order valence-corrected chi connectivity index (χ2v) is 5.50. The van der Waals surface area contributed by atoms with Crippen molar-refractivity contribution in [2.75, 3.05) is 32.7 Å². The summed E-state index contributed by atoms with van der Waals surface area (Å²) in [7, 11) is 1.73. The average Bonchev–Trinajstić information content (AvgIpc) is 2.80. The Labute approximate surface area is 117 Å². The minimum Gasteiger partial charge on any atom is -0.383 e. The molecular formula is C14H18ClNOS. The number of hydrogen-bond acceptors (Lipinski definition) is 3. The van der Waals surface area contributed by atoms with Crippen LogP contribution in [0.4, 0.5) is 0 Å². The number of thiophene rings is 1. The number of hydrogen-bond donors (Lipinski definition) is 0. The molecule has 2 nitrogen and oxygen atoms in total. The number of rotatable bonds is 7. The molecule has 1 aromatic heterocycles. The highest BCUT2D eigenvalue weighted by Gasteiger charge is 2.09. The zero-order chi connectivity index (χ0) is 12.8. The summed E-state index contributed by atoms with van der Waals surface area (Å²) in [6.07, 6.45) is 0. The lowest BCUT2D eigenvalue weighted by molar-refractivity contribution is 0.148. The van der Waals surface area contributed by atoms with Crippen molar-refractivity contribution >= 4 is 33.0 Å². The summed E-state index contributed by atoms with van der Waals surface area (Å²) < 4.78 is 6.50. The standard InChI is InChI=1S/C14H18ClNOS/c1-17-9-8-16(7-6-15)10-12-11-18-14-5-3-2-4-13(12)14/h2-5,11H,6-10H2,1H3. The van der Waals surface area contributed by atoms with Crippen LogP contribution < -0.4 is 0 Å². The summed E-state index contributed by atoms with van der Waals surface area (Å²) in [6.45, 7) is 3.52. The van der Waals surface area contributed by atoms with Crippen LogP contribution in [0.2, 0.25) is 0 Å². The van der Waals surface area contributed by atoms with Gasteiger partial charge in [-0.1, -0.05) is 18.2 Å². The molecule has 0 aliphatic carbocycles. The molecule has 0 amide bonds. The van der Waals surface area contributed by atoms with Gasteiger partial charge in [-0.15, -0.1) is 22.9 Å². The Morgan fingerprint density at radius 3 is 2.89 bits per heavy atom. The number of ether oxygens (including phenoxy) is 1. The third kappa shape index (κ3) is 3.45. The van der Waals surface area contributed by atoms with E-state index in [-0.39, 0.29) is 0 Å². The molecule has 0 aliphatic rings. The van der Waals surface area contributed by atoms with E-state index in [1.807, 2.05) is 0 Å².